The Morgan fingerprint density at radius 1 is 1.19 bits per heavy atom. The zero-order valence-electron chi connectivity index (χ0n) is 14.6. The van der Waals surface area contributed by atoms with Gasteiger partial charge in [0.1, 0.15) is 0 Å². The Morgan fingerprint density at radius 3 is 2.56 bits per heavy atom. The van der Waals surface area contributed by atoms with E-state index >= 15 is 0 Å². The predicted molar refractivity (Wildman–Crippen MR) is 110 cm³/mol. The summed E-state index contributed by atoms with van der Waals surface area (Å²) < 4.78 is 1.95. The number of primary amides is 1. The van der Waals surface area contributed by atoms with Gasteiger partial charge in [0, 0.05) is 10.6 Å². The van der Waals surface area contributed by atoms with Gasteiger partial charge in [-0.25, -0.2) is 0 Å². The Morgan fingerprint density at radius 2 is 1.93 bits per heavy atom. The molecule has 5 nitrogen and oxygen atoms in total. The Bertz CT molecular complexity index is 946. The number of carbonyl (C=O) groups excluding carboxylic acids is 1. The molecule has 0 fully saturated rings. The molecule has 0 spiro atoms. The van der Waals surface area contributed by atoms with Crippen LogP contribution >= 0.6 is 35.0 Å². The molecular weight excluding hydrogens is 403 g/mol. The fourth-order valence-corrected chi connectivity index (χ4v) is 4.02. The molecule has 0 aliphatic carbocycles. The van der Waals surface area contributed by atoms with Crippen molar-refractivity contribution in [3.05, 3.63) is 64.1 Å². The lowest BCUT2D eigenvalue weighted by atomic mass is 10.2. The summed E-state index contributed by atoms with van der Waals surface area (Å²) in [5.41, 5.74) is 7.31. The van der Waals surface area contributed by atoms with E-state index in [-0.39, 0.29) is 11.2 Å². The van der Waals surface area contributed by atoms with Crippen molar-refractivity contribution < 1.29 is 4.79 Å². The van der Waals surface area contributed by atoms with Crippen molar-refractivity contribution in [2.45, 2.75) is 30.3 Å². The number of benzene rings is 2. The third-order valence-corrected chi connectivity index (χ3v) is 5.92. The van der Waals surface area contributed by atoms with E-state index in [4.69, 9.17) is 28.9 Å². The van der Waals surface area contributed by atoms with Gasteiger partial charge in [0.2, 0.25) is 5.91 Å². The molecular formula is C19H18Cl2N4OS. The van der Waals surface area contributed by atoms with Gasteiger partial charge < -0.3 is 5.73 Å². The molecule has 0 bridgehead atoms. The molecule has 0 saturated heterocycles. The number of rotatable bonds is 7. The SMILES string of the molecule is CCC(Sc1nnc(-c2ccc(Cl)cc2Cl)n1Cc1ccccc1)C(N)=O. The Hall–Kier alpha value is -2.02. The molecule has 1 unspecified atom stereocenters. The summed E-state index contributed by atoms with van der Waals surface area (Å²) >= 11 is 13.7. The molecule has 140 valence electrons. The summed E-state index contributed by atoms with van der Waals surface area (Å²) in [5, 5.41) is 9.91. The topological polar surface area (TPSA) is 73.8 Å². The van der Waals surface area contributed by atoms with Crippen LogP contribution in [-0.2, 0) is 11.3 Å². The third kappa shape index (κ3) is 4.64. The monoisotopic (exact) mass is 420 g/mol. The minimum Gasteiger partial charge on any atom is -0.369 e. The third-order valence-electron chi connectivity index (χ3n) is 4.01. The summed E-state index contributed by atoms with van der Waals surface area (Å²) in [5.74, 6) is 0.241. The van der Waals surface area contributed by atoms with Crippen LogP contribution in [0.4, 0.5) is 0 Å². The van der Waals surface area contributed by atoms with Gasteiger partial charge in [-0.15, -0.1) is 10.2 Å². The van der Waals surface area contributed by atoms with Crippen LogP contribution in [0.25, 0.3) is 11.4 Å². The van der Waals surface area contributed by atoms with Gasteiger partial charge in [-0.05, 0) is 30.2 Å². The van der Waals surface area contributed by atoms with E-state index in [2.05, 4.69) is 10.2 Å². The first-order chi connectivity index (χ1) is 13.0. The van der Waals surface area contributed by atoms with E-state index in [0.29, 0.717) is 34.0 Å². The van der Waals surface area contributed by atoms with Gasteiger partial charge in [0.25, 0.3) is 0 Å². The highest BCUT2D eigenvalue weighted by Gasteiger charge is 2.22. The number of aromatic nitrogens is 3. The standard InChI is InChI=1S/C19H18Cl2N4OS/c1-2-16(17(22)26)27-19-24-23-18(14-9-8-13(20)10-15(14)21)25(19)11-12-6-4-3-5-7-12/h3-10,16H,2,11H2,1H3,(H2,22,26). The lowest BCUT2D eigenvalue weighted by Crippen LogP contribution is -2.25. The van der Waals surface area contributed by atoms with Crippen molar-refractivity contribution in [1.29, 1.82) is 0 Å². The zero-order valence-corrected chi connectivity index (χ0v) is 16.9. The molecule has 2 N–H and O–H groups in total. The van der Waals surface area contributed by atoms with Gasteiger partial charge >= 0.3 is 0 Å². The summed E-state index contributed by atoms with van der Waals surface area (Å²) in [6, 6.07) is 15.2. The first-order valence-electron chi connectivity index (χ1n) is 8.38. The average Bonchev–Trinajstić information content (AvgIpc) is 3.02. The Kier molecular flexibility index (Phi) is 6.42. The second-order valence-corrected chi connectivity index (χ2v) is 7.93. The lowest BCUT2D eigenvalue weighted by molar-refractivity contribution is -0.117. The van der Waals surface area contributed by atoms with Crippen LogP contribution in [-0.4, -0.2) is 25.9 Å². The quantitative estimate of drug-likeness (QED) is 0.564. The van der Waals surface area contributed by atoms with Crippen LogP contribution in [0.5, 0.6) is 0 Å². The van der Waals surface area contributed by atoms with Crippen molar-refractivity contribution in [3.63, 3.8) is 0 Å². The first-order valence-corrected chi connectivity index (χ1v) is 10.0. The molecule has 27 heavy (non-hydrogen) atoms. The van der Waals surface area contributed by atoms with Crippen LogP contribution in [0.1, 0.15) is 18.9 Å². The van der Waals surface area contributed by atoms with E-state index in [9.17, 15) is 4.79 Å². The molecule has 1 heterocycles. The second kappa shape index (κ2) is 8.78. The van der Waals surface area contributed by atoms with Gasteiger partial charge in [-0.3, -0.25) is 9.36 Å². The summed E-state index contributed by atoms with van der Waals surface area (Å²) in [4.78, 5) is 11.7. The van der Waals surface area contributed by atoms with E-state index in [1.807, 2.05) is 47.9 Å². The molecule has 2 aromatic carbocycles. The van der Waals surface area contributed by atoms with Crippen molar-refractivity contribution in [3.8, 4) is 11.4 Å². The number of hydrogen-bond acceptors (Lipinski definition) is 4. The molecule has 1 atom stereocenters. The molecule has 8 heteroatoms. The number of nitrogens with two attached hydrogens (primary N) is 1. The van der Waals surface area contributed by atoms with Crippen LogP contribution in [0.3, 0.4) is 0 Å². The molecule has 1 amide bonds. The molecule has 0 saturated carbocycles. The fraction of sp³-hybridized carbons (Fsp3) is 0.211. The largest absolute Gasteiger partial charge is 0.369 e. The zero-order chi connectivity index (χ0) is 19.4. The van der Waals surface area contributed by atoms with Crippen molar-refractivity contribution >= 4 is 40.9 Å². The van der Waals surface area contributed by atoms with Crippen LogP contribution in [0.2, 0.25) is 10.0 Å². The van der Waals surface area contributed by atoms with E-state index in [1.54, 1.807) is 12.1 Å². The maximum absolute atomic E-state index is 11.7. The highest BCUT2D eigenvalue weighted by Crippen LogP contribution is 2.33. The van der Waals surface area contributed by atoms with E-state index < -0.39 is 0 Å². The summed E-state index contributed by atoms with van der Waals surface area (Å²) in [6.07, 6.45) is 0.606. The summed E-state index contributed by atoms with van der Waals surface area (Å²) in [7, 11) is 0. The molecule has 0 radical (unpaired) electrons. The van der Waals surface area contributed by atoms with E-state index in [1.165, 1.54) is 11.8 Å². The highest BCUT2D eigenvalue weighted by molar-refractivity contribution is 8.00. The number of hydrogen-bond donors (Lipinski definition) is 1. The smallest absolute Gasteiger partial charge is 0.231 e. The van der Waals surface area contributed by atoms with E-state index in [0.717, 1.165) is 11.1 Å². The highest BCUT2D eigenvalue weighted by atomic mass is 35.5. The minimum absolute atomic E-state index is 0.372. The second-order valence-electron chi connectivity index (χ2n) is 5.92. The fourth-order valence-electron chi connectivity index (χ4n) is 2.62. The predicted octanol–water partition coefficient (Wildman–Crippen LogP) is 4.66. The van der Waals surface area contributed by atoms with Crippen molar-refractivity contribution in [1.82, 2.24) is 14.8 Å². The number of carbonyl (C=O) groups is 1. The van der Waals surface area contributed by atoms with Gasteiger partial charge in [0.15, 0.2) is 11.0 Å². The first kappa shape index (κ1) is 19.7. The average molecular weight is 421 g/mol. The molecule has 3 rings (SSSR count). The lowest BCUT2D eigenvalue weighted by Gasteiger charge is -2.14. The number of amides is 1. The molecule has 1 aromatic heterocycles. The van der Waals surface area contributed by atoms with Crippen molar-refractivity contribution in [2.75, 3.05) is 0 Å². The van der Waals surface area contributed by atoms with Crippen LogP contribution in [0.15, 0.2) is 53.7 Å². The van der Waals surface area contributed by atoms with Crippen LogP contribution < -0.4 is 5.73 Å². The number of thioether (sulfide) groups is 1. The maximum atomic E-state index is 11.7. The number of nitrogens with zero attached hydrogens (tertiary/aromatic N) is 3. The van der Waals surface area contributed by atoms with Crippen molar-refractivity contribution in [2.24, 2.45) is 5.73 Å². The summed E-state index contributed by atoms with van der Waals surface area (Å²) in [6.45, 7) is 2.46. The normalized spacial score (nSPS) is 12.1. The van der Waals surface area contributed by atoms with Crippen LogP contribution in [0, 0.1) is 0 Å². The molecule has 3 aromatic rings. The Labute approximate surface area is 171 Å². The molecule has 0 aliphatic rings. The minimum atomic E-state index is -0.378. The van der Waals surface area contributed by atoms with Gasteiger partial charge in [-0.1, -0.05) is 72.2 Å². The van der Waals surface area contributed by atoms with Gasteiger partial charge in [-0.2, -0.15) is 0 Å². The molecule has 0 aliphatic heterocycles. The van der Waals surface area contributed by atoms with Gasteiger partial charge in [0.05, 0.1) is 16.8 Å². The Balaban J connectivity index is 2.06. The number of halogens is 2. The maximum Gasteiger partial charge on any atom is 0.231 e.